The molecule has 0 spiro atoms. The van der Waals surface area contributed by atoms with Gasteiger partial charge in [-0.05, 0) is 5.56 Å². The van der Waals surface area contributed by atoms with Gasteiger partial charge in [-0.15, -0.1) is 0 Å². The fourth-order valence-corrected chi connectivity index (χ4v) is 1.85. The number of carboxylic acid groups (broad SMARTS) is 1. The predicted octanol–water partition coefficient (Wildman–Crippen LogP) is 1.47. The van der Waals surface area contributed by atoms with Gasteiger partial charge in [-0.2, -0.15) is 0 Å². The molecule has 20 heavy (non-hydrogen) atoms. The molecule has 2 N–H and O–H groups in total. The van der Waals surface area contributed by atoms with Crippen molar-refractivity contribution in [3.63, 3.8) is 0 Å². The first-order valence-electron chi connectivity index (χ1n) is 6.06. The molecule has 0 saturated heterocycles. The molecule has 0 radical (unpaired) electrons. The highest BCUT2D eigenvalue weighted by molar-refractivity contribution is 5.82. The van der Waals surface area contributed by atoms with E-state index in [1.807, 2.05) is 12.1 Å². The average molecular weight is 274 g/mol. The van der Waals surface area contributed by atoms with Gasteiger partial charge in [-0.25, -0.2) is 4.79 Å². The first-order chi connectivity index (χ1) is 9.56. The maximum Gasteiger partial charge on any atom is 0.326 e. The highest BCUT2D eigenvalue weighted by Gasteiger charge is 2.18. The van der Waals surface area contributed by atoms with Crippen molar-refractivity contribution in [1.82, 2.24) is 10.5 Å². The molecular formula is C14H14N2O4. The molecule has 0 unspecified atom stereocenters. The zero-order valence-corrected chi connectivity index (χ0v) is 10.9. The normalized spacial score (nSPS) is 11.8. The molecule has 6 nitrogen and oxygen atoms in total. The van der Waals surface area contributed by atoms with Gasteiger partial charge in [0, 0.05) is 25.0 Å². The predicted molar refractivity (Wildman–Crippen MR) is 70.9 cm³/mol. The van der Waals surface area contributed by atoms with Gasteiger partial charge in [0.1, 0.15) is 6.04 Å². The Kier molecular flexibility index (Phi) is 4.14. The van der Waals surface area contributed by atoms with Gasteiger partial charge in [-0.1, -0.05) is 29.4 Å². The number of aromatic nitrogens is 1. The first kappa shape index (κ1) is 13.8. The molecule has 1 aromatic carbocycles. The summed E-state index contributed by atoms with van der Waals surface area (Å²) in [6.07, 6.45) is 1.78. The molecule has 2 rings (SSSR count). The molecule has 1 amide bonds. The number of carboxylic acids is 1. The highest BCUT2D eigenvalue weighted by Crippen LogP contribution is 2.19. The lowest BCUT2D eigenvalue weighted by atomic mass is 10.0. The van der Waals surface area contributed by atoms with Crippen molar-refractivity contribution in [2.24, 2.45) is 0 Å². The lowest BCUT2D eigenvalue weighted by Gasteiger charge is -2.13. The fraction of sp³-hybridized carbons (Fsp3) is 0.214. The number of carbonyl (C=O) groups is 2. The average Bonchev–Trinajstić information content (AvgIpc) is 2.92. The van der Waals surface area contributed by atoms with Gasteiger partial charge in [0.05, 0.1) is 6.20 Å². The van der Waals surface area contributed by atoms with Crippen LogP contribution in [0.15, 0.2) is 41.1 Å². The molecule has 0 bridgehead atoms. The molecule has 1 aromatic heterocycles. The number of benzene rings is 1. The summed E-state index contributed by atoms with van der Waals surface area (Å²) in [5, 5.41) is 15.1. The van der Waals surface area contributed by atoms with E-state index < -0.39 is 12.0 Å². The Hall–Kier alpha value is -2.63. The quantitative estimate of drug-likeness (QED) is 0.861. The topological polar surface area (TPSA) is 92.4 Å². The SMILES string of the molecule is CC(=O)N[C@@H](Cc1ccc(-c2ccno2)cc1)C(=O)O. The third-order valence-electron chi connectivity index (χ3n) is 2.79. The molecule has 1 heterocycles. The molecule has 0 fully saturated rings. The Labute approximate surface area is 115 Å². The van der Waals surface area contributed by atoms with Crippen molar-refractivity contribution in [1.29, 1.82) is 0 Å². The summed E-state index contributed by atoms with van der Waals surface area (Å²) in [6, 6.07) is 8.06. The van der Waals surface area contributed by atoms with Crippen LogP contribution in [0.4, 0.5) is 0 Å². The highest BCUT2D eigenvalue weighted by atomic mass is 16.5. The molecule has 1 atom stereocenters. The van der Waals surface area contributed by atoms with Gasteiger partial charge >= 0.3 is 5.97 Å². The van der Waals surface area contributed by atoms with Crippen molar-refractivity contribution >= 4 is 11.9 Å². The van der Waals surface area contributed by atoms with Crippen LogP contribution < -0.4 is 5.32 Å². The lowest BCUT2D eigenvalue weighted by Crippen LogP contribution is -2.41. The van der Waals surface area contributed by atoms with Crippen LogP contribution in [-0.4, -0.2) is 28.2 Å². The van der Waals surface area contributed by atoms with Gasteiger partial charge in [-0.3, -0.25) is 4.79 Å². The van der Waals surface area contributed by atoms with Crippen LogP contribution in [0.2, 0.25) is 0 Å². The van der Waals surface area contributed by atoms with Crippen molar-refractivity contribution in [3.8, 4) is 11.3 Å². The number of amides is 1. The van der Waals surface area contributed by atoms with E-state index >= 15 is 0 Å². The molecule has 0 aliphatic rings. The Balaban J connectivity index is 2.09. The Morgan fingerprint density at radius 3 is 2.50 bits per heavy atom. The second-order valence-corrected chi connectivity index (χ2v) is 4.37. The summed E-state index contributed by atoms with van der Waals surface area (Å²) >= 11 is 0. The van der Waals surface area contributed by atoms with E-state index in [4.69, 9.17) is 9.63 Å². The van der Waals surface area contributed by atoms with Crippen LogP contribution in [0.3, 0.4) is 0 Å². The van der Waals surface area contributed by atoms with Crippen LogP contribution in [0, 0.1) is 0 Å². The number of hydrogen-bond acceptors (Lipinski definition) is 4. The monoisotopic (exact) mass is 274 g/mol. The second-order valence-electron chi connectivity index (χ2n) is 4.37. The molecule has 2 aromatic rings. The number of nitrogens with one attached hydrogen (secondary N) is 1. The van der Waals surface area contributed by atoms with Crippen LogP contribution in [0.1, 0.15) is 12.5 Å². The molecule has 6 heteroatoms. The molecule has 0 aliphatic carbocycles. The number of nitrogens with zero attached hydrogens (tertiary/aromatic N) is 1. The Morgan fingerprint density at radius 1 is 1.30 bits per heavy atom. The molecule has 0 aliphatic heterocycles. The smallest absolute Gasteiger partial charge is 0.326 e. The minimum absolute atomic E-state index is 0.228. The van der Waals surface area contributed by atoms with E-state index in [1.54, 1.807) is 24.4 Å². The number of aliphatic carboxylic acids is 1. The maximum atomic E-state index is 11.1. The third kappa shape index (κ3) is 3.44. The molecule has 104 valence electrons. The van der Waals surface area contributed by atoms with Crippen molar-refractivity contribution in [2.45, 2.75) is 19.4 Å². The maximum absolute atomic E-state index is 11.1. The standard InChI is InChI=1S/C14H14N2O4/c1-9(17)16-12(14(18)19)8-10-2-4-11(5-3-10)13-6-7-15-20-13/h2-7,12H,8H2,1H3,(H,16,17)(H,18,19)/t12-/m0/s1. The van der Waals surface area contributed by atoms with Gasteiger partial charge < -0.3 is 14.9 Å². The van der Waals surface area contributed by atoms with E-state index in [9.17, 15) is 9.59 Å². The lowest BCUT2D eigenvalue weighted by molar-refractivity contribution is -0.141. The van der Waals surface area contributed by atoms with Crippen molar-refractivity contribution < 1.29 is 19.2 Å². The van der Waals surface area contributed by atoms with E-state index in [1.165, 1.54) is 6.92 Å². The fourth-order valence-electron chi connectivity index (χ4n) is 1.85. The van der Waals surface area contributed by atoms with Crippen molar-refractivity contribution in [2.75, 3.05) is 0 Å². The third-order valence-corrected chi connectivity index (χ3v) is 2.79. The number of hydrogen-bond donors (Lipinski definition) is 2. The van der Waals surface area contributed by atoms with Crippen LogP contribution in [-0.2, 0) is 16.0 Å². The summed E-state index contributed by atoms with van der Waals surface area (Å²) in [5.41, 5.74) is 1.67. The summed E-state index contributed by atoms with van der Waals surface area (Å²) in [5.74, 6) is -0.775. The summed E-state index contributed by atoms with van der Waals surface area (Å²) in [4.78, 5) is 22.0. The zero-order chi connectivity index (χ0) is 14.5. The van der Waals surface area contributed by atoms with Crippen LogP contribution in [0.25, 0.3) is 11.3 Å². The minimum atomic E-state index is -1.06. The van der Waals surface area contributed by atoms with Gasteiger partial charge in [0.15, 0.2) is 5.76 Å². The van der Waals surface area contributed by atoms with Gasteiger partial charge in [0.25, 0.3) is 0 Å². The summed E-state index contributed by atoms with van der Waals surface area (Å²) in [7, 11) is 0. The van der Waals surface area contributed by atoms with E-state index in [-0.39, 0.29) is 12.3 Å². The second kappa shape index (κ2) is 6.01. The molecular weight excluding hydrogens is 260 g/mol. The Morgan fingerprint density at radius 2 is 2.00 bits per heavy atom. The van der Waals surface area contributed by atoms with Crippen LogP contribution in [0.5, 0.6) is 0 Å². The van der Waals surface area contributed by atoms with E-state index in [2.05, 4.69) is 10.5 Å². The number of carbonyl (C=O) groups excluding carboxylic acids is 1. The molecule has 0 saturated carbocycles. The largest absolute Gasteiger partial charge is 0.480 e. The van der Waals surface area contributed by atoms with E-state index in [0.717, 1.165) is 11.1 Å². The van der Waals surface area contributed by atoms with Crippen molar-refractivity contribution in [3.05, 3.63) is 42.1 Å². The summed E-state index contributed by atoms with van der Waals surface area (Å²) in [6.45, 7) is 1.29. The van der Waals surface area contributed by atoms with Gasteiger partial charge in [0.2, 0.25) is 5.91 Å². The van der Waals surface area contributed by atoms with Crippen LogP contribution >= 0.6 is 0 Å². The first-order valence-corrected chi connectivity index (χ1v) is 6.06. The zero-order valence-electron chi connectivity index (χ0n) is 10.9. The summed E-state index contributed by atoms with van der Waals surface area (Å²) < 4.78 is 5.03. The number of rotatable bonds is 5. The Bertz CT molecular complexity index is 590. The minimum Gasteiger partial charge on any atom is -0.480 e. The van der Waals surface area contributed by atoms with E-state index in [0.29, 0.717) is 5.76 Å².